The fraction of sp³-hybridized carbons (Fsp3) is 0.929. The van der Waals surface area contributed by atoms with Crippen LogP contribution in [0.1, 0.15) is 44.9 Å². The van der Waals surface area contributed by atoms with Crippen LogP contribution in [0.25, 0.3) is 0 Å². The minimum Gasteiger partial charge on any atom is -0.339 e. The molecule has 3 aliphatic rings. The Morgan fingerprint density at radius 3 is 2.88 bits per heavy atom. The molecule has 0 bridgehead atoms. The Hall–Kier alpha value is -0.570. The van der Waals surface area contributed by atoms with Gasteiger partial charge in [0.15, 0.2) is 0 Å². The first-order valence-electron chi connectivity index (χ1n) is 7.35. The number of likely N-dealkylation sites (tertiary alicyclic amines) is 1. The lowest BCUT2D eigenvalue weighted by Gasteiger charge is -2.38. The quantitative estimate of drug-likeness (QED) is 0.792. The molecule has 0 aromatic heterocycles. The lowest BCUT2D eigenvalue weighted by atomic mass is 9.91. The Morgan fingerprint density at radius 2 is 2.06 bits per heavy atom. The minimum absolute atomic E-state index is 0.440. The summed E-state index contributed by atoms with van der Waals surface area (Å²) in [5, 5.41) is 3.36. The highest BCUT2D eigenvalue weighted by molar-refractivity contribution is 5.77. The zero-order chi connectivity index (χ0) is 11.7. The number of hydrogen-bond donors (Lipinski definition) is 1. The Bertz CT molecular complexity index is 286. The van der Waals surface area contributed by atoms with Gasteiger partial charge in [0, 0.05) is 19.0 Å². The van der Waals surface area contributed by atoms with E-state index in [2.05, 4.69) is 10.2 Å². The predicted octanol–water partition coefficient (Wildman–Crippen LogP) is 1.78. The molecule has 0 aromatic rings. The second-order valence-electron chi connectivity index (χ2n) is 6.05. The number of hydrogen-bond acceptors (Lipinski definition) is 2. The fourth-order valence-electron chi connectivity index (χ4n) is 4.02. The summed E-state index contributed by atoms with van der Waals surface area (Å²) in [7, 11) is 0. The number of carbonyl (C=O) groups excluding carboxylic acids is 1. The molecule has 3 heteroatoms. The molecule has 0 radical (unpaired) electrons. The summed E-state index contributed by atoms with van der Waals surface area (Å²) in [4.78, 5) is 14.6. The van der Waals surface area contributed by atoms with Crippen LogP contribution in [0.2, 0.25) is 0 Å². The molecule has 17 heavy (non-hydrogen) atoms. The van der Waals surface area contributed by atoms with E-state index in [1.54, 1.807) is 0 Å². The third-order valence-electron chi connectivity index (χ3n) is 4.94. The number of nitrogens with one attached hydrogen (secondary N) is 1. The van der Waals surface area contributed by atoms with Crippen LogP contribution >= 0.6 is 0 Å². The van der Waals surface area contributed by atoms with E-state index in [1.165, 1.54) is 38.5 Å². The van der Waals surface area contributed by atoms with E-state index in [9.17, 15) is 4.79 Å². The van der Waals surface area contributed by atoms with Crippen LogP contribution in [-0.4, -0.2) is 36.5 Å². The SMILES string of the molecule is O=C(CC1CCNC1)N1CCCC2CCCC21. The van der Waals surface area contributed by atoms with Gasteiger partial charge in [-0.25, -0.2) is 0 Å². The lowest BCUT2D eigenvalue weighted by molar-refractivity contribution is -0.136. The van der Waals surface area contributed by atoms with E-state index in [0.717, 1.165) is 32.0 Å². The maximum atomic E-state index is 12.4. The van der Waals surface area contributed by atoms with Crippen LogP contribution in [0.4, 0.5) is 0 Å². The van der Waals surface area contributed by atoms with Crippen LogP contribution in [0.5, 0.6) is 0 Å². The molecule has 3 nitrogen and oxygen atoms in total. The van der Waals surface area contributed by atoms with Gasteiger partial charge in [-0.2, -0.15) is 0 Å². The summed E-state index contributed by atoms with van der Waals surface area (Å²) in [6, 6.07) is 0.602. The first-order chi connectivity index (χ1) is 8.34. The van der Waals surface area contributed by atoms with Gasteiger partial charge in [0.05, 0.1) is 0 Å². The first-order valence-corrected chi connectivity index (χ1v) is 7.35. The van der Waals surface area contributed by atoms with Crippen molar-refractivity contribution in [3.8, 4) is 0 Å². The Labute approximate surface area is 104 Å². The summed E-state index contributed by atoms with van der Waals surface area (Å²) in [6.07, 6.45) is 8.53. The van der Waals surface area contributed by atoms with Crippen molar-refractivity contribution >= 4 is 5.91 Å². The van der Waals surface area contributed by atoms with E-state index in [0.29, 0.717) is 17.9 Å². The van der Waals surface area contributed by atoms with Crippen LogP contribution < -0.4 is 5.32 Å². The van der Waals surface area contributed by atoms with Gasteiger partial charge in [-0.15, -0.1) is 0 Å². The number of piperidine rings is 1. The predicted molar refractivity (Wildman–Crippen MR) is 67.7 cm³/mol. The number of carbonyl (C=O) groups is 1. The van der Waals surface area contributed by atoms with Crippen molar-refractivity contribution in [2.75, 3.05) is 19.6 Å². The lowest BCUT2D eigenvalue weighted by Crippen LogP contribution is -2.46. The fourth-order valence-corrected chi connectivity index (χ4v) is 4.02. The molecule has 3 atom stereocenters. The van der Waals surface area contributed by atoms with E-state index < -0.39 is 0 Å². The third-order valence-corrected chi connectivity index (χ3v) is 4.94. The number of amides is 1. The average molecular weight is 236 g/mol. The molecule has 2 heterocycles. The monoisotopic (exact) mass is 236 g/mol. The Balaban J connectivity index is 1.59. The smallest absolute Gasteiger partial charge is 0.223 e. The average Bonchev–Trinajstić information content (AvgIpc) is 2.97. The largest absolute Gasteiger partial charge is 0.339 e. The number of rotatable bonds is 2. The molecule has 1 saturated carbocycles. The normalized spacial score (nSPS) is 37.2. The van der Waals surface area contributed by atoms with Gasteiger partial charge in [0.1, 0.15) is 0 Å². The molecule has 3 fully saturated rings. The van der Waals surface area contributed by atoms with Crippen molar-refractivity contribution in [1.29, 1.82) is 0 Å². The van der Waals surface area contributed by atoms with Gasteiger partial charge in [-0.1, -0.05) is 6.42 Å². The maximum absolute atomic E-state index is 12.4. The maximum Gasteiger partial charge on any atom is 0.223 e. The highest BCUT2D eigenvalue weighted by Gasteiger charge is 2.37. The first kappa shape index (κ1) is 11.5. The molecule has 0 spiro atoms. The van der Waals surface area contributed by atoms with Crippen molar-refractivity contribution in [3.05, 3.63) is 0 Å². The molecule has 96 valence electrons. The highest BCUT2D eigenvalue weighted by Crippen LogP contribution is 2.37. The third kappa shape index (κ3) is 2.35. The topological polar surface area (TPSA) is 32.3 Å². The summed E-state index contributed by atoms with van der Waals surface area (Å²) in [6.45, 7) is 3.18. The van der Waals surface area contributed by atoms with Gasteiger partial charge >= 0.3 is 0 Å². The molecular formula is C14H24N2O. The van der Waals surface area contributed by atoms with E-state index in [4.69, 9.17) is 0 Å². The molecule has 3 rings (SSSR count). The second-order valence-corrected chi connectivity index (χ2v) is 6.05. The molecule has 0 aromatic carbocycles. The number of fused-ring (bicyclic) bond motifs is 1. The highest BCUT2D eigenvalue weighted by atomic mass is 16.2. The molecule has 1 N–H and O–H groups in total. The summed E-state index contributed by atoms with van der Waals surface area (Å²) in [5.74, 6) is 1.87. The van der Waals surface area contributed by atoms with Gasteiger partial charge in [0.25, 0.3) is 0 Å². The summed E-state index contributed by atoms with van der Waals surface area (Å²) < 4.78 is 0. The molecule has 2 saturated heterocycles. The van der Waals surface area contributed by atoms with Gasteiger partial charge < -0.3 is 10.2 Å². The van der Waals surface area contributed by atoms with E-state index in [1.807, 2.05) is 0 Å². The van der Waals surface area contributed by atoms with Crippen LogP contribution in [-0.2, 0) is 4.79 Å². The van der Waals surface area contributed by atoms with Gasteiger partial charge in [0.2, 0.25) is 5.91 Å². The van der Waals surface area contributed by atoms with Crippen molar-refractivity contribution < 1.29 is 4.79 Å². The Kier molecular flexibility index (Phi) is 3.37. The van der Waals surface area contributed by atoms with Crippen molar-refractivity contribution in [2.24, 2.45) is 11.8 Å². The zero-order valence-corrected chi connectivity index (χ0v) is 10.7. The second kappa shape index (κ2) is 4.97. The van der Waals surface area contributed by atoms with Crippen LogP contribution in [0, 0.1) is 11.8 Å². The van der Waals surface area contributed by atoms with Crippen LogP contribution in [0.3, 0.4) is 0 Å². The molecule has 3 unspecified atom stereocenters. The number of nitrogens with zero attached hydrogens (tertiary/aromatic N) is 1. The standard InChI is InChI=1S/C14H24N2O/c17-14(9-11-6-7-15-10-11)16-8-2-4-12-3-1-5-13(12)16/h11-13,15H,1-10H2. The minimum atomic E-state index is 0.440. The van der Waals surface area contributed by atoms with Gasteiger partial charge in [-0.3, -0.25) is 4.79 Å². The summed E-state index contributed by atoms with van der Waals surface area (Å²) >= 11 is 0. The van der Waals surface area contributed by atoms with Crippen molar-refractivity contribution in [3.63, 3.8) is 0 Å². The molecule has 1 amide bonds. The van der Waals surface area contributed by atoms with Gasteiger partial charge in [-0.05, 0) is 57.0 Å². The van der Waals surface area contributed by atoms with Crippen molar-refractivity contribution in [1.82, 2.24) is 10.2 Å². The Morgan fingerprint density at radius 1 is 1.18 bits per heavy atom. The summed E-state index contributed by atoms with van der Waals surface area (Å²) in [5.41, 5.74) is 0. The van der Waals surface area contributed by atoms with Crippen molar-refractivity contribution in [2.45, 2.75) is 51.0 Å². The van der Waals surface area contributed by atoms with E-state index >= 15 is 0 Å². The van der Waals surface area contributed by atoms with E-state index in [-0.39, 0.29) is 0 Å². The molecular weight excluding hydrogens is 212 g/mol. The van der Waals surface area contributed by atoms with Crippen LogP contribution in [0.15, 0.2) is 0 Å². The molecule has 2 aliphatic heterocycles. The zero-order valence-electron chi connectivity index (χ0n) is 10.7. The molecule has 1 aliphatic carbocycles.